The molecule has 1 fully saturated rings. The summed E-state index contributed by atoms with van der Waals surface area (Å²) in [6.45, 7) is 2.14. The molecule has 1 unspecified atom stereocenters. The zero-order valence-corrected chi connectivity index (χ0v) is 15.3. The van der Waals surface area contributed by atoms with Crippen molar-refractivity contribution in [2.45, 2.75) is 38.8 Å². The van der Waals surface area contributed by atoms with E-state index in [-0.39, 0.29) is 41.7 Å². The molecule has 10 heteroatoms. The molecule has 0 N–H and O–H groups in total. The van der Waals surface area contributed by atoms with Crippen molar-refractivity contribution in [1.82, 2.24) is 14.7 Å². The van der Waals surface area contributed by atoms with Crippen molar-refractivity contribution >= 4 is 15.7 Å². The zero-order chi connectivity index (χ0) is 18.7. The van der Waals surface area contributed by atoms with Gasteiger partial charge in [0.2, 0.25) is 5.91 Å². The lowest BCUT2D eigenvalue weighted by atomic mass is 10.2. The van der Waals surface area contributed by atoms with Gasteiger partial charge in [0, 0.05) is 12.6 Å². The Kier molecular flexibility index (Phi) is 5.30. The van der Waals surface area contributed by atoms with E-state index >= 15 is 0 Å². The van der Waals surface area contributed by atoms with Crippen molar-refractivity contribution in [2.24, 2.45) is 0 Å². The zero-order valence-electron chi connectivity index (χ0n) is 14.5. The Hall–Kier alpha value is -2.36. The number of aromatic nitrogens is 2. The van der Waals surface area contributed by atoms with Gasteiger partial charge < -0.3 is 13.7 Å². The molecule has 1 amide bonds. The van der Waals surface area contributed by atoms with E-state index in [1.54, 1.807) is 17.0 Å². The fourth-order valence-electron chi connectivity index (χ4n) is 2.99. The molecule has 2 aromatic rings. The smallest absolute Gasteiger partial charge is 0.437 e. The summed E-state index contributed by atoms with van der Waals surface area (Å²) < 4.78 is 34.6. The van der Waals surface area contributed by atoms with Gasteiger partial charge in [-0.25, -0.2) is 13.2 Å². The van der Waals surface area contributed by atoms with Gasteiger partial charge in [0.15, 0.2) is 15.6 Å². The Balaban J connectivity index is 1.76. The van der Waals surface area contributed by atoms with Crippen molar-refractivity contribution in [3.63, 3.8) is 0 Å². The highest BCUT2D eigenvalue weighted by atomic mass is 32.2. The highest BCUT2D eigenvalue weighted by Gasteiger charge is 2.34. The third-order valence-electron chi connectivity index (χ3n) is 4.35. The molecule has 9 nitrogen and oxygen atoms in total. The van der Waals surface area contributed by atoms with E-state index in [0.29, 0.717) is 13.0 Å². The summed E-state index contributed by atoms with van der Waals surface area (Å²) in [5.41, 5.74) is 0. The van der Waals surface area contributed by atoms with Crippen LogP contribution in [0.5, 0.6) is 0 Å². The number of carbonyl (C=O) groups excluding carboxylic acids is 1. The van der Waals surface area contributed by atoms with Gasteiger partial charge in [-0.05, 0) is 25.0 Å². The molecule has 0 bridgehead atoms. The van der Waals surface area contributed by atoms with E-state index in [2.05, 4.69) is 5.10 Å². The molecule has 1 atom stereocenters. The van der Waals surface area contributed by atoms with Gasteiger partial charge in [-0.15, -0.1) is 5.10 Å². The third-order valence-corrected chi connectivity index (χ3v) is 6.10. The van der Waals surface area contributed by atoms with Crippen LogP contribution in [-0.4, -0.2) is 53.1 Å². The Morgan fingerprint density at radius 1 is 1.46 bits per heavy atom. The summed E-state index contributed by atoms with van der Waals surface area (Å²) in [5.74, 6) is -0.774. The molecule has 1 aliphatic heterocycles. The first-order valence-corrected chi connectivity index (χ1v) is 10.3. The van der Waals surface area contributed by atoms with E-state index in [1.807, 2.05) is 6.92 Å². The predicted octanol–water partition coefficient (Wildman–Crippen LogP) is 0.912. The Bertz CT molecular complexity index is 912. The second-order valence-corrected chi connectivity index (χ2v) is 8.53. The molecule has 1 saturated heterocycles. The summed E-state index contributed by atoms with van der Waals surface area (Å²) in [6.07, 6.45) is 3.47. The molecule has 1 aliphatic rings. The molecule has 0 radical (unpaired) electrons. The van der Waals surface area contributed by atoms with Gasteiger partial charge >= 0.3 is 5.76 Å². The van der Waals surface area contributed by atoms with Crippen molar-refractivity contribution in [2.75, 3.05) is 18.1 Å². The highest BCUT2D eigenvalue weighted by molar-refractivity contribution is 7.91. The second-order valence-electron chi connectivity index (χ2n) is 6.31. The number of amides is 1. The predicted molar refractivity (Wildman–Crippen MR) is 92.1 cm³/mol. The number of nitrogens with zero attached hydrogens (tertiary/aromatic N) is 3. The van der Waals surface area contributed by atoms with E-state index in [9.17, 15) is 18.0 Å². The van der Waals surface area contributed by atoms with E-state index in [1.165, 1.54) is 6.26 Å². The Labute approximate surface area is 150 Å². The van der Waals surface area contributed by atoms with Crippen LogP contribution in [0.4, 0.5) is 0 Å². The molecule has 0 spiro atoms. The quantitative estimate of drug-likeness (QED) is 0.698. The maximum absolute atomic E-state index is 12.7. The molecule has 2 aromatic heterocycles. The SMILES string of the molecule is CCCCN(C(=O)Cn1nc(-c2ccco2)oc1=O)C1CCS(=O)(=O)C1. The molecular formula is C16H21N3O6S. The standard InChI is InChI=1S/C16H21N3O6S/c1-2-3-7-18(12-6-9-26(22,23)11-12)14(20)10-19-16(21)25-15(17-19)13-5-4-8-24-13/h4-5,8,12H,2-3,6-7,9-11H2,1H3. The van der Waals surface area contributed by atoms with Crippen molar-refractivity contribution in [3.05, 3.63) is 28.9 Å². The lowest BCUT2D eigenvalue weighted by Gasteiger charge is -2.28. The number of hydrogen-bond acceptors (Lipinski definition) is 7. The summed E-state index contributed by atoms with van der Waals surface area (Å²) >= 11 is 0. The van der Waals surface area contributed by atoms with Crippen LogP contribution in [0, 0.1) is 0 Å². The van der Waals surface area contributed by atoms with Crippen LogP contribution in [0.1, 0.15) is 26.2 Å². The first-order valence-electron chi connectivity index (χ1n) is 8.51. The number of furan rings is 1. The van der Waals surface area contributed by atoms with Gasteiger partial charge in [0.25, 0.3) is 5.89 Å². The average Bonchev–Trinajstić information content (AvgIpc) is 3.29. The first-order chi connectivity index (χ1) is 12.4. The van der Waals surface area contributed by atoms with Crippen LogP contribution in [0.25, 0.3) is 11.7 Å². The molecular weight excluding hydrogens is 362 g/mol. The largest absolute Gasteiger partial charge is 0.459 e. The maximum Gasteiger partial charge on any atom is 0.437 e. The van der Waals surface area contributed by atoms with Gasteiger partial charge in [0.1, 0.15) is 6.54 Å². The minimum Gasteiger partial charge on any atom is -0.459 e. The van der Waals surface area contributed by atoms with Crippen LogP contribution in [0.3, 0.4) is 0 Å². The van der Waals surface area contributed by atoms with Crippen LogP contribution >= 0.6 is 0 Å². The number of carbonyl (C=O) groups is 1. The van der Waals surface area contributed by atoms with E-state index < -0.39 is 15.6 Å². The summed E-state index contributed by atoms with van der Waals surface area (Å²) in [4.78, 5) is 26.2. The monoisotopic (exact) mass is 383 g/mol. The molecule has 3 rings (SSSR count). The maximum atomic E-state index is 12.7. The van der Waals surface area contributed by atoms with Crippen LogP contribution in [0.15, 0.2) is 32.0 Å². The fraction of sp³-hybridized carbons (Fsp3) is 0.562. The molecule has 26 heavy (non-hydrogen) atoms. The number of hydrogen-bond donors (Lipinski definition) is 0. The van der Waals surface area contributed by atoms with Crippen molar-refractivity contribution in [3.8, 4) is 11.7 Å². The third kappa shape index (κ3) is 4.06. The first kappa shape index (κ1) is 18.4. The van der Waals surface area contributed by atoms with E-state index in [4.69, 9.17) is 8.83 Å². The molecule has 142 valence electrons. The minimum absolute atomic E-state index is 0.00338. The molecule has 0 aromatic carbocycles. The Morgan fingerprint density at radius 2 is 2.27 bits per heavy atom. The fourth-order valence-corrected chi connectivity index (χ4v) is 4.72. The number of unbranched alkanes of at least 4 members (excludes halogenated alkanes) is 1. The normalized spacial score (nSPS) is 18.9. The summed E-state index contributed by atoms with van der Waals surface area (Å²) in [6, 6.07) is 2.87. The van der Waals surface area contributed by atoms with Gasteiger partial charge in [-0.1, -0.05) is 13.3 Å². The lowest BCUT2D eigenvalue weighted by molar-refractivity contribution is -0.134. The van der Waals surface area contributed by atoms with Crippen LogP contribution in [-0.2, 0) is 21.2 Å². The van der Waals surface area contributed by atoms with Gasteiger partial charge in [0.05, 0.1) is 17.8 Å². The highest BCUT2D eigenvalue weighted by Crippen LogP contribution is 2.19. The van der Waals surface area contributed by atoms with Gasteiger partial charge in [-0.3, -0.25) is 4.79 Å². The minimum atomic E-state index is -3.11. The molecule has 0 saturated carbocycles. The summed E-state index contributed by atoms with van der Waals surface area (Å²) in [7, 11) is -3.11. The van der Waals surface area contributed by atoms with Crippen molar-refractivity contribution in [1.29, 1.82) is 0 Å². The molecule has 3 heterocycles. The average molecular weight is 383 g/mol. The second kappa shape index (κ2) is 7.48. The van der Waals surface area contributed by atoms with E-state index in [0.717, 1.165) is 17.5 Å². The lowest BCUT2D eigenvalue weighted by Crippen LogP contribution is -2.44. The number of sulfone groups is 1. The van der Waals surface area contributed by atoms with Crippen molar-refractivity contribution < 1.29 is 22.0 Å². The number of rotatable bonds is 7. The topological polar surface area (TPSA) is 116 Å². The Morgan fingerprint density at radius 3 is 2.88 bits per heavy atom. The van der Waals surface area contributed by atoms with Crippen LogP contribution in [0.2, 0.25) is 0 Å². The molecule has 0 aliphatic carbocycles. The van der Waals surface area contributed by atoms with Crippen LogP contribution < -0.4 is 5.76 Å². The summed E-state index contributed by atoms with van der Waals surface area (Å²) in [5, 5.41) is 3.99. The van der Waals surface area contributed by atoms with Gasteiger partial charge in [-0.2, -0.15) is 4.68 Å².